The number of rotatable bonds is 2. The molecule has 145 valence electrons. The summed E-state index contributed by atoms with van der Waals surface area (Å²) in [6, 6.07) is 21.3. The van der Waals surface area contributed by atoms with E-state index in [1.165, 1.54) is 33.4 Å². The fourth-order valence-corrected chi connectivity index (χ4v) is 4.17. The minimum atomic E-state index is 0. The van der Waals surface area contributed by atoms with Crippen LogP contribution in [0.4, 0.5) is 5.69 Å². The fraction of sp³-hybridized carbons (Fsp3) is 0.125. The van der Waals surface area contributed by atoms with Gasteiger partial charge in [-0.1, -0.05) is 66.7 Å². The number of hydrogen-bond donors (Lipinski definition) is 0. The first-order valence-electron chi connectivity index (χ1n) is 8.96. The molecule has 5 heteroatoms. The van der Waals surface area contributed by atoms with Gasteiger partial charge in [0.05, 0.1) is 5.52 Å². The minimum absolute atomic E-state index is 0. The third-order valence-electron chi connectivity index (χ3n) is 5.26. The van der Waals surface area contributed by atoms with Crippen LogP contribution in [-0.4, -0.2) is 11.0 Å². The quantitative estimate of drug-likeness (QED) is 0.484. The van der Waals surface area contributed by atoms with Gasteiger partial charge in [0, 0.05) is 17.9 Å². The van der Waals surface area contributed by atoms with Gasteiger partial charge < -0.3 is 29.7 Å². The number of allylic oxidation sites excluding steroid dienone is 3. The van der Waals surface area contributed by atoms with Gasteiger partial charge in [-0.25, -0.2) is 6.08 Å². The van der Waals surface area contributed by atoms with Crippen molar-refractivity contribution in [3.05, 3.63) is 101 Å². The number of pyridine rings is 1. The van der Waals surface area contributed by atoms with Crippen molar-refractivity contribution in [1.29, 1.82) is 0 Å². The number of halogens is 2. The normalized spacial score (nSPS) is 17.0. The molecule has 0 fully saturated rings. The second-order valence-electron chi connectivity index (χ2n) is 6.88. The Morgan fingerprint density at radius 2 is 1.62 bits per heavy atom. The molecule has 1 aliphatic carbocycles. The molecule has 2 aliphatic rings. The van der Waals surface area contributed by atoms with E-state index >= 15 is 0 Å². The Labute approximate surface area is 195 Å². The Morgan fingerprint density at radius 3 is 2.38 bits per heavy atom. The van der Waals surface area contributed by atoms with E-state index in [0.29, 0.717) is 0 Å². The zero-order chi connectivity index (χ0) is 17.7. The van der Waals surface area contributed by atoms with Gasteiger partial charge in [0.25, 0.3) is 0 Å². The second kappa shape index (κ2) is 9.20. The van der Waals surface area contributed by atoms with Crippen LogP contribution in [0, 0.1) is 6.08 Å². The van der Waals surface area contributed by atoms with Crippen molar-refractivity contribution in [2.24, 2.45) is 0 Å². The van der Waals surface area contributed by atoms with Crippen LogP contribution in [0.2, 0.25) is 0 Å². The van der Waals surface area contributed by atoms with Gasteiger partial charge >= 0.3 is 17.4 Å². The molecule has 0 saturated heterocycles. The zero-order valence-corrected chi connectivity index (χ0v) is 18.9. The molecule has 29 heavy (non-hydrogen) atoms. The van der Waals surface area contributed by atoms with E-state index in [2.05, 4.69) is 90.5 Å². The summed E-state index contributed by atoms with van der Waals surface area (Å²) in [7, 11) is 0. The molecule has 0 bridgehead atoms. The predicted molar refractivity (Wildman–Crippen MR) is 108 cm³/mol. The standard InChI is InChI=1S/C24H19N2.2ClH.Cr/c1-16-14-22-21(15-17(2)26(22)19-10-4-3-5-11-19)23(16)20-12-6-8-18-9-7-13-25-24(18)20;;;/h3-14,22H,1-2H3;2*1H;/q-1;;;+3/p-2. The van der Waals surface area contributed by atoms with Crippen molar-refractivity contribution in [2.45, 2.75) is 19.9 Å². The Kier molecular flexibility index (Phi) is 7.38. The topological polar surface area (TPSA) is 16.1 Å². The molecule has 3 aromatic rings. The molecule has 2 aromatic carbocycles. The summed E-state index contributed by atoms with van der Waals surface area (Å²) < 4.78 is 0. The van der Waals surface area contributed by atoms with Crippen LogP contribution in [0.15, 0.2) is 89.8 Å². The summed E-state index contributed by atoms with van der Waals surface area (Å²) in [6.45, 7) is 4.34. The molecule has 2 nitrogen and oxygen atoms in total. The fourth-order valence-electron chi connectivity index (χ4n) is 4.17. The first-order valence-corrected chi connectivity index (χ1v) is 8.96. The van der Waals surface area contributed by atoms with Crippen LogP contribution in [-0.2, 0) is 17.4 Å². The zero-order valence-electron chi connectivity index (χ0n) is 16.1. The molecule has 1 atom stereocenters. The van der Waals surface area contributed by atoms with E-state index in [9.17, 15) is 0 Å². The Morgan fingerprint density at radius 1 is 0.897 bits per heavy atom. The summed E-state index contributed by atoms with van der Waals surface area (Å²) in [5, 5.41) is 1.17. The van der Waals surface area contributed by atoms with Crippen LogP contribution in [0.3, 0.4) is 0 Å². The maximum atomic E-state index is 4.66. The molecule has 0 N–H and O–H groups in total. The largest absolute Gasteiger partial charge is 3.00 e. The number of nitrogens with zero attached hydrogens (tertiary/aromatic N) is 2. The van der Waals surface area contributed by atoms with Crippen molar-refractivity contribution in [2.75, 3.05) is 4.90 Å². The second-order valence-corrected chi connectivity index (χ2v) is 6.88. The van der Waals surface area contributed by atoms with Crippen molar-refractivity contribution >= 4 is 22.2 Å². The van der Waals surface area contributed by atoms with E-state index in [1.54, 1.807) is 0 Å². The van der Waals surface area contributed by atoms with E-state index in [1.807, 2.05) is 12.3 Å². The number of para-hydroxylation sites is 2. The molecule has 2 heterocycles. The van der Waals surface area contributed by atoms with Crippen LogP contribution in [0.25, 0.3) is 16.5 Å². The summed E-state index contributed by atoms with van der Waals surface area (Å²) in [5.74, 6) is 0. The molecule has 1 aliphatic heterocycles. The molecule has 5 rings (SSSR count). The van der Waals surface area contributed by atoms with Gasteiger partial charge in [0.2, 0.25) is 0 Å². The maximum absolute atomic E-state index is 4.66. The Balaban J connectivity index is 0.000001000. The van der Waals surface area contributed by atoms with Crippen LogP contribution in [0.1, 0.15) is 19.4 Å². The summed E-state index contributed by atoms with van der Waals surface area (Å²) in [5.41, 5.74) is 8.45. The smallest absolute Gasteiger partial charge is 1.00 e. The third kappa shape index (κ3) is 3.77. The monoisotopic (exact) mass is 457 g/mol. The first-order chi connectivity index (χ1) is 12.7. The van der Waals surface area contributed by atoms with E-state index < -0.39 is 0 Å². The van der Waals surface area contributed by atoms with Crippen LogP contribution in [0.5, 0.6) is 0 Å². The van der Waals surface area contributed by atoms with Gasteiger partial charge in [-0.05, 0) is 30.5 Å². The summed E-state index contributed by atoms with van der Waals surface area (Å²) in [4.78, 5) is 7.03. The number of fused-ring (bicyclic) bond motifs is 2. The van der Waals surface area contributed by atoms with Crippen molar-refractivity contribution in [1.82, 2.24) is 4.98 Å². The Hall–Kier alpha value is -2.02. The summed E-state index contributed by atoms with van der Waals surface area (Å²) in [6.07, 6.45) is 7.87. The van der Waals surface area contributed by atoms with Crippen molar-refractivity contribution in [3.8, 4) is 0 Å². The first kappa shape index (κ1) is 23.3. The summed E-state index contributed by atoms with van der Waals surface area (Å²) >= 11 is 0. The van der Waals surface area contributed by atoms with E-state index in [4.69, 9.17) is 0 Å². The van der Waals surface area contributed by atoms with Gasteiger partial charge in [-0.3, -0.25) is 4.98 Å². The van der Waals surface area contributed by atoms with E-state index in [0.717, 1.165) is 11.2 Å². The molecule has 0 saturated carbocycles. The minimum Gasteiger partial charge on any atom is -1.00 e. The Bertz CT molecular complexity index is 1110. The van der Waals surface area contributed by atoms with E-state index in [-0.39, 0.29) is 48.2 Å². The van der Waals surface area contributed by atoms with Gasteiger partial charge in [0.15, 0.2) is 0 Å². The molecule has 0 spiro atoms. The number of benzene rings is 2. The van der Waals surface area contributed by atoms with Gasteiger partial charge in [-0.15, -0.1) is 5.57 Å². The van der Waals surface area contributed by atoms with Crippen LogP contribution < -0.4 is 29.7 Å². The number of aromatic nitrogens is 1. The molecule has 0 amide bonds. The number of anilines is 1. The average molecular weight is 458 g/mol. The van der Waals surface area contributed by atoms with Gasteiger partial charge in [-0.2, -0.15) is 11.1 Å². The van der Waals surface area contributed by atoms with Crippen LogP contribution >= 0.6 is 0 Å². The predicted octanol–water partition coefficient (Wildman–Crippen LogP) is -0.450. The molecule has 1 radical (unpaired) electrons. The average Bonchev–Trinajstić information content (AvgIpc) is 3.14. The third-order valence-corrected chi connectivity index (χ3v) is 5.26. The molecule has 1 aromatic heterocycles. The molecular weight excluding hydrogens is 439 g/mol. The van der Waals surface area contributed by atoms with Crippen molar-refractivity contribution in [3.63, 3.8) is 0 Å². The maximum Gasteiger partial charge on any atom is 3.00 e. The SMILES string of the molecule is CC1=[C-]C2=C(c3cccc4cccnc34)C(C)=CC2N1c1ccccc1.[Cl-].[Cl-].[Cr+3]. The molecular formula is C24H19Cl2CrN2. The van der Waals surface area contributed by atoms with Crippen molar-refractivity contribution < 1.29 is 42.2 Å². The molecule has 1 unspecified atom stereocenters. The number of hydrogen-bond acceptors (Lipinski definition) is 2. The van der Waals surface area contributed by atoms with Gasteiger partial charge in [0.1, 0.15) is 0 Å².